The largest absolute Gasteiger partial charge is 0.495 e. The van der Waals surface area contributed by atoms with E-state index in [2.05, 4.69) is 50.2 Å². The van der Waals surface area contributed by atoms with Gasteiger partial charge in [0.1, 0.15) is 5.75 Å². The number of ether oxygens (including phenoxy) is 2. The third-order valence-corrected chi connectivity index (χ3v) is 4.26. The first-order valence-electron chi connectivity index (χ1n) is 5.89. The smallest absolute Gasteiger partial charge is 0.137 e. The molecule has 1 fully saturated rings. The highest BCUT2D eigenvalue weighted by Gasteiger charge is 2.29. The highest BCUT2D eigenvalue weighted by Crippen LogP contribution is 2.33. The highest BCUT2D eigenvalue weighted by molar-refractivity contribution is 9.11. The summed E-state index contributed by atoms with van der Waals surface area (Å²) in [5, 5.41) is 3.56. The van der Waals surface area contributed by atoms with Gasteiger partial charge >= 0.3 is 0 Å². The molecule has 1 aromatic carbocycles. The zero-order valence-corrected chi connectivity index (χ0v) is 13.7. The minimum absolute atomic E-state index is 0.0693. The van der Waals surface area contributed by atoms with Crippen molar-refractivity contribution in [3.05, 3.63) is 26.6 Å². The predicted molar refractivity (Wildman–Crippen MR) is 79.1 cm³/mol. The average molecular weight is 379 g/mol. The molecule has 1 aliphatic heterocycles. The maximum atomic E-state index is 5.44. The van der Waals surface area contributed by atoms with Crippen molar-refractivity contribution in [2.45, 2.75) is 25.4 Å². The molecule has 0 spiro atoms. The highest BCUT2D eigenvalue weighted by atomic mass is 79.9. The van der Waals surface area contributed by atoms with E-state index in [1.165, 1.54) is 0 Å². The Labute approximate surface area is 124 Å². The van der Waals surface area contributed by atoms with Crippen LogP contribution in [0.1, 0.15) is 18.9 Å². The lowest BCUT2D eigenvalue weighted by atomic mass is 10.0. The van der Waals surface area contributed by atoms with Crippen molar-refractivity contribution in [1.29, 1.82) is 0 Å². The Hall–Kier alpha value is -0.100. The number of methoxy groups -OCH3 is 1. The van der Waals surface area contributed by atoms with Gasteiger partial charge in [-0.2, -0.15) is 0 Å². The minimum Gasteiger partial charge on any atom is -0.495 e. The fourth-order valence-corrected chi connectivity index (χ4v) is 3.56. The lowest BCUT2D eigenvalue weighted by molar-refractivity contribution is 0.171. The maximum Gasteiger partial charge on any atom is 0.137 e. The van der Waals surface area contributed by atoms with Gasteiger partial charge in [0.25, 0.3) is 0 Å². The molecule has 0 saturated carbocycles. The first-order chi connectivity index (χ1) is 8.54. The summed E-state index contributed by atoms with van der Waals surface area (Å²) in [6, 6.07) is 4.07. The van der Waals surface area contributed by atoms with Crippen LogP contribution >= 0.6 is 31.9 Å². The van der Waals surface area contributed by atoms with Crippen LogP contribution in [0.4, 0.5) is 0 Å². The molecule has 18 heavy (non-hydrogen) atoms. The summed E-state index contributed by atoms with van der Waals surface area (Å²) in [5.74, 6) is 0.883. The lowest BCUT2D eigenvalue weighted by Gasteiger charge is -2.24. The summed E-state index contributed by atoms with van der Waals surface area (Å²) < 4.78 is 12.9. The quantitative estimate of drug-likeness (QED) is 0.869. The zero-order chi connectivity index (χ0) is 13.2. The molecule has 0 aliphatic carbocycles. The summed E-state index contributed by atoms with van der Waals surface area (Å²) in [4.78, 5) is 0. The molecule has 0 radical (unpaired) electrons. The van der Waals surface area contributed by atoms with Crippen LogP contribution < -0.4 is 10.1 Å². The van der Waals surface area contributed by atoms with E-state index in [9.17, 15) is 0 Å². The van der Waals surface area contributed by atoms with Crippen LogP contribution in [0.3, 0.4) is 0 Å². The average Bonchev–Trinajstić information content (AvgIpc) is 2.73. The molecular weight excluding hydrogens is 362 g/mol. The van der Waals surface area contributed by atoms with Crippen LogP contribution in [0, 0.1) is 0 Å². The molecule has 0 amide bonds. The number of nitrogens with one attached hydrogen (secondary N) is 1. The van der Waals surface area contributed by atoms with E-state index >= 15 is 0 Å². The molecule has 1 N–H and O–H groups in total. The molecule has 1 aliphatic rings. The number of hydrogen-bond acceptors (Lipinski definition) is 3. The molecule has 2 rings (SSSR count). The zero-order valence-electron chi connectivity index (χ0n) is 10.6. The molecule has 1 saturated heterocycles. The van der Waals surface area contributed by atoms with Crippen LogP contribution in [0.5, 0.6) is 5.75 Å². The molecule has 1 unspecified atom stereocenters. The van der Waals surface area contributed by atoms with Gasteiger partial charge in [-0.3, -0.25) is 0 Å². The Bertz CT molecular complexity index is 431. The second-order valence-corrected chi connectivity index (χ2v) is 6.57. The number of rotatable bonds is 4. The Morgan fingerprint density at radius 2 is 2.22 bits per heavy atom. The van der Waals surface area contributed by atoms with E-state index < -0.39 is 0 Å². The van der Waals surface area contributed by atoms with Gasteiger partial charge in [-0.15, -0.1) is 0 Å². The molecule has 1 atom stereocenters. The van der Waals surface area contributed by atoms with Gasteiger partial charge in [0.15, 0.2) is 0 Å². The summed E-state index contributed by atoms with van der Waals surface area (Å²) in [6.45, 7) is 4.56. The standard InChI is InChI=1S/C13H17Br2NO2/c1-13(3-4-18-8-13)16-7-9-5-10(14)6-11(15)12(9)17-2/h5-6,16H,3-4,7-8H2,1-2H3. The molecule has 1 aromatic rings. The molecule has 3 nitrogen and oxygen atoms in total. The van der Waals surface area contributed by atoms with Gasteiger partial charge in [0, 0.05) is 28.7 Å². The van der Waals surface area contributed by atoms with Gasteiger partial charge in [0.05, 0.1) is 18.2 Å². The van der Waals surface area contributed by atoms with Crippen molar-refractivity contribution < 1.29 is 9.47 Å². The number of benzene rings is 1. The van der Waals surface area contributed by atoms with Gasteiger partial charge in [-0.25, -0.2) is 0 Å². The molecule has 0 bridgehead atoms. The molecule has 1 heterocycles. The molecular formula is C13H17Br2NO2. The first kappa shape index (κ1) is 14.3. The van der Waals surface area contributed by atoms with Gasteiger partial charge < -0.3 is 14.8 Å². The van der Waals surface area contributed by atoms with Crippen molar-refractivity contribution in [3.63, 3.8) is 0 Å². The molecule has 100 valence electrons. The van der Waals surface area contributed by atoms with Crippen LogP contribution in [-0.4, -0.2) is 25.9 Å². The normalized spacial score (nSPS) is 23.3. The van der Waals surface area contributed by atoms with Gasteiger partial charge in [0.2, 0.25) is 0 Å². The van der Waals surface area contributed by atoms with Crippen molar-refractivity contribution >= 4 is 31.9 Å². The number of hydrogen-bond donors (Lipinski definition) is 1. The van der Waals surface area contributed by atoms with Crippen LogP contribution in [0.25, 0.3) is 0 Å². The number of halogens is 2. The third kappa shape index (κ3) is 3.26. The van der Waals surface area contributed by atoms with Crippen molar-refractivity contribution in [2.75, 3.05) is 20.3 Å². The van der Waals surface area contributed by atoms with E-state index in [1.54, 1.807) is 7.11 Å². The Kier molecular flexibility index (Phi) is 4.69. The Morgan fingerprint density at radius 3 is 2.83 bits per heavy atom. The van der Waals surface area contributed by atoms with E-state index in [1.807, 2.05) is 6.07 Å². The van der Waals surface area contributed by atoms with Crippen LogP contribution in [-0.2, 0) is 11.3 Å². The monoisotopic (exact) mass is 377 g/mol. The third-order valence-electron chi connectivity index (χ3n) is 3.21. The fourth-order valence-electron chi connectivity index (χ4n) is 2.09. The predicted octanol–water partition coefficient (Wildman–Crippen LogP) is 3.49. The van der Waals surface area contributed by atoms with Crippen LogP contribution in [0.2, 0.25) is 0 Å². The topological polar surface area (TPSA) is 30.5 Å². The molecule has 5 heteroatoms. The minimum atomic E-state index is 0.0693. The second-order valence-electron chi connectivity index (χ2n) is 4.80. The SMILES string of the molecule is COc1c(Br)cc(Br)cc1CNC1(C)CCOC1. The fraction of sp³-hybridized carbons (Fsp3) is 0.538. The molecule has 0 aromatic heterocycles. The van der Waals surface area contributed by atoms with Crippen molar-refractivity contribution in [2.24, 2.45) is 0 Å². The van der Waals surface area contributed by atoms with E-state index in [-0.39, 0.29) is 5.54 Å². The summed E-state index contributed by atoms with van der Waals surface area (Å²) in [5.41, 5.74) is 1.20. The summed E-state index contributed by atoms with van der Waals surface area (Å²) >= 11 is 7.02. The summed E-state index contributed by atoms with van der Waals surface area (Å²) in [7, 11) is 1.69. The van der Waals surface area contributed by atoms with Gasteiger partial charge in [-0.05, 0) is 41.4 Å². The Balaban J connectivity index is 2.13. The van der Waals surface area contributed by atoms with Crippen LogP contribution in [0.15, 0.2) is 21.1 Å². The van der Waals surface area contributed by atoms with E-state index in [0.717, 1.165) is 46.4 Å². The second kappa shape index (κ2) is 5.90. The van der Waals surface area contributed by atoms with E-state index in [4.69, 9.17) is 9.47 Å². The first-order valence-corrected chi connectivity index (χ1v) is 7.47. The van der Waals surface area contributed by atoms with E-state index in [0.29, 0.717) is 0 Å². The van der Waals surface area contributed by atoms with Crippen molar-refractivity contribution in [3.8, 4) is 5.75 Å². The van der Waals surface area contributed by atoms with Crippen molar-refractivity contribution in [1.82, 2.24) is 5.32 Å². The summed E-state index contributed by atoms with van der Waals surface area (Å²) in [6.07, 6.45) is 1.05. The maximum absolute atomic E-state index is 5.44. The lowest BCUT2D eigenvalue weighted by Crippen LogP contribution is -2.42. The Morgan fingerprint density at radius 1 is 1.44 bits per heavy atom. The van der Waals surface area contributed by atoms with Gasteiger partial charge in [-0.1, -0.05) is 15.9 Å².